The Morgan fingerprint density at radius 2 is 1.90 bits per heavy atom. The smallest absolute Gasteiger partial charge is 0.261 e. The molecule has 0 saturated heterocycles. The average molecular weight is 419 g/mol. The number of benzene rings is 1. The van der Waals surface area contributed by atoms with Gasteiger partial charge in [0.15, 0.2) is 0 Å². The molecular weight excluding hydrogens is 406 g/mol. The van der Waals surface area contributed by atoms with Crippen molar-refractivity contribution in [2.75, 3.05) is 12.0 Å². The molecule has 0 bridgehead atoms. The van der Waals surface area contributed by atoms with Crippen LogP contribution in [0.15, 0.2) is 27.6 Å². The van der Waals surface area contributed by atoms with Crippen LogP contribution in [0.1, 0.15) is 17.3 Å². The summed E-state index contributed by atoms with van der Waals surface area (Å²) in [5, 5.41) is 2.49. The average Bonchev–Trinajstić information content (AvgIpc) is 2.24. The van der Waals surface area contributed by atoms with E-state index in [4.69, 9.17) is 10.7 Å². The Bertz CT molecular complexity index is 761. The van der Waals surface area contributed by atoms with Crippen molar-refractivity contribution in [3.8, 4) is 0 Å². The van der Waals surface area contributed by atoms with E-state index in [-0.39, 0.29) is 16.2 Å². The second-order valence-electron chi connectivity index (χ2n) is 4.55. The van der Waals surface area contributed by atoms with Crippen LogP contribution >= 0.6 is 26.6 Å². The Morgan fingerprint density at radius 1 is 1.33 bits per heavy atom. The molecule has 0 heterocycles. The Balaban J connectivity index is 3.03. The fourth-order valence-corrected chi connectivity index (χ4v) is 3.82. The van der Waals surface area contributed by atoms with E-state index in [1.807, 2.05) is 0 Å². The quantitative estimate of drug-likeness (QED) is 0.732. The highest BCUT2D eigenvalue weighted by molar-refractivity contribution is 9.10. The van der Waals surface area contributed by atoms with E-state index in [0.29, 0.717) is 4.47 Å². The van der Waals surface area contributed by atoms with Crippen LogP contribution in [0.5, 0.6) is 0 Å². The first-order chi connectivity index (χ1) is 9.40. The monoisotopic (exact) mass is 417 g/mol. The number of hydrogen-bond donors (Lipinski definition) is 1. The lowest BCUT2D eigenvalue weighted by Gasteiger charge is -2.14. The van der Waals surface area contributed by atoms with Gasteiger partial charge in [-0.2, -0.15) is 0 Å². The minimum Gasteiger partial charge on any atom is -0.349 e. The van der Waals surface area contributed by atoms with Crippen LogP contribution in [0, 0.1) is 0 Å². The van der Waals surface area contributed by atoms with Crippen molar-refractivity contribution in [3.05, 3.63) is 28.2 Å². The van der Waals surface area contributed by atoms with Gasteiger partial charge in [0, 0.05) is 27.5 Å². The largest absolute Gasteiger partial charge is 0.349 e. The van der Waals surface area contributed by atoms with Crippen LogP contribution in [-0.2, 0) is 18.9 Å². The molecule has 0 aliphatic heterocycles. The molecule has 1 rings (SSSR count). The van der Waals surface area contributed by atoms with Gasteiger partial charge in [-0.05, 0) is 41.1 Å². The van der Waals surface area contributed by atoms with Crippen molar-refractivity contribution >= 4 is 51.4 Å². The standard InChI is InChI=1S/C11H13BrClNO5S2/c1-7(6-20(2,16)17)14-11(15)9-5-8(21(13,18)19)3-4-10(9)12/h3-5,7H,6H2,1-2H3,(H,14,15). The molecule has 0 aromatic heterocycles. The van der Waals surface area contributed by atoms with Crippen molar-refractivity contribution in [2.45, 2.75) is 17.9 Å². The topological polar surface area (TPSA) is 97.4 Å². The third-order valence-electron chi connectivity index (χ3n) is 2.39. The number of carbonyl (C=O) groups excluding carboxylic acids is 1. The van der Waals surface area contributed by atoms with Crippen LogP contribution in [-0.4, -0.2) is 40.8 Å². The summed E-state index contributed by atoms with van der Waals surface area (Å²) in [5.74, 6) is -0.815. The molecule has 1 atom stereocenters. The summed E-state index contributed by atoms with van der Waals surface area (Å²) in [7, 11) is -1.97. The second-order valence-corrected chi connectivity index (χ2v) is 10.2. The van der Waals surface area contributed by atoms with Crippen LogP contribution < -0.4 is 5.32 Å². The van der Waals surface area contributed by atoms with Crippen LogP contribution in [0.2, 0.25) is 0 Å². The van der Waals surface area contributed by atoms with E-state index in [0.717, 1.165) is 12.3 Å². The van der Waals surface area contributed by atoms with Gasteiger partial charge in [0.2, 0.25) is 0 Å². The summed E-state index contributed by atoms with van der Waals surface area (Å²) in [6, 6.07) is 3.14. The van der Waals surface area contributed by atoms with Crippen LogP contribution in [0.25, 0.3) is 0 Å². The lowest BCUT2D eigenvalue weighted by atomic mass is 10.2. The summed E-state index contributed by atoms with van der Waals surface area (Å²) >= 11 is 3.13. The maximum absolute atomic E-state index is 12.1. The van der Waals surface area contributed by atoms with Gasteiger partial charge in [-0.3, -0.25) is 4.79 Å². The number of nitrogens with one attached hydrogen (secondary N) is 1. The highest BCUT2D eigenvalue weighted by atomic mass is 79.9. The molecule has 1 aromatic rings. The first-order valence-electron chi connectivity index (χ1n) is 5.63. The maximum Gasteiger partial charge on any atom is 0.261 e. The molecule has 6 nitrogen and oxygen atoms in total. The normalized spacial score (nSPS) is 13.7. The maximum atomic E-state index is 12.1. The zero-order chi connectivity index (χ0) is 16.4. The van der Waals surface area contributed by atoms with Gasteiger partial charge in [-0.15, -0.1) is 0 Å². The molecule has 1 N–H and O–H groups in total. The minimum absolute atomic E-state index is 0.0528. The molecule has 1 aromatic carbocycles. The Labute approximate surface area is 136 Å². The van der Waals surface area contributed by atoms with Crippen molar-refractivity contribution in [2.24, 2.45) is 0 Å². The molecule has 0 radical (unpaired) electrons. The van der Waals surface area contributed by atoms with Gasteiger partial charge in [0.1, 0.15) is 9.84 Å². The molecule has 21 heavy (non-hydrogen) atoms. The Morgan fingerprint density at radius 3 is 2.38 bits per heavy atom. The van der Waals surface area contributed by atoms with E-state index in [1.165, 1.54) is 19.1 Å². The van der Waals surface area contributed by atoms with Gasteiger partial charge >= 0.3 is 0 Å². The van der Waals surface area contributed by atoms with Gasteiger partial charge in [-0.1, -0.05) is 0 Å². The van der Waals surface area contributed by atoms with Crippen LogP contribution in [0.3, 0.4) is 0 Å². The summed E-state index contributed by atoms with van der Waals surface area (Å²) < 4.78 is 45.2. The number of sulfone groups is 1. The SMILES string of the molecule is CC(CS(C)(=O)=O)NC(=O)c1cc(S(=O)(=O)Cl)ccc1Br. The number of amides is 1. The lowest BCUT2D eigenvalue weighted by molar-refractivity contribution is 0.0942. The molecular formula is C11H13BrClNO5S2. The Hall–Kier alpha value is -0.640. The first kappa shape index (κ1) is 18.4. The zero-order valence-corrected chi connectivity index (χ0v) is 15.1. The van der Waals surface area contributed by atoms with E-state index in [1.54, 1.807) is 0 Å². The molecule has 0 aliphatic carbocycles. The molecule has 0 aliphatic rings. The molecule has 1 unspecified atom stereocenters. The third kappa shape index (κ3) is 5.93. The third-order valence-corrected chi connectivity index (χ3v) is 5.54. The van der Waals surface area contributed by atoms with Gasteiger partial charge in [-0.25, -0.2) is 16.8 Å². The summed E-state index contributed by atoms with van der Waals surface area (Å²) in [6.45, 7) is 1.54. The number of rotatable bonds is 5. The summed E-state index contributed by atoms with van der Waals surface area (Å²) in [6.07, 6.45) is 1.06. The van der Waals surface area contributed by atoms with Crippen LogP contribution in [0.4, 0.5) is 0 Å². The number of halogens is 2. The van der Waals surface area contributed by atoms with Crippen molar-refractivity contribution in [1.29, 1.82) is 0 Å². The van der Waals surface area contributed by atoms with E-state index in [2.05, 4.69) is 21.2 Å². The summed E-state index contributed by atoms with van der Waals surface area (Å²) in [5.41, 5.74) is 0.0528. The van der Waals surface area contributed by atoms with E-state index >= 15 is 0 Å². The Kier molecular flexibility index (Phi) is 5.82. The predicted octanol–water partition coefficient (Wildman–Crippen LogP) is 1.54. The fraction of sp³-hybridized carbons (Fsp3) is 0.364. The number of carbonyl (C=O) groups is 1. The highest BCUT2D eigenvalue weighted by Crippen LogP contribution is 2.23. The van der Waals surface area contributed by atoms with Gasteiger partial charge in [0.25, 0.3) is 15.0 Å². The second kappa shape index (κ2) is 6.64. The number of hydrogen-bond acceptors (Lipinski definition) is 5. The lowest BCUT2D eigenvalue weighted by Crippen LogP contribution is -2.37. The molecule has 0 fully saturated rings. The fourth-order valence-electron chi connectivity index (χ4n) is 1.63. The molecule has 10 heteroatoms. The van der Waals surface area contributed by atoms with Crippen molar-refractivity contribution in [3.63, 3.8) is 0 Å². The summed E-state index contributed by atoms with van der Waals surface area (Å²) in [4.78, 5) is 11.9. The van der Waals surface area contributed by atoms with E-state index < -0.39 is 30.8 Å². The predicted molar refractivity (Wildman–Crippen MR) is 83.8 cm³/mol. The zero-order valence-electron chi connectivity index (χ0n) is 11.1. The van der Waals surface area contributed by atoms with E-state index in [9.17, 15) is 21.6 Å². The molecule has 0 spiro atoms. The van der Waals surface area contributed by atoms with Crippen molar-refractivity contribution in [1.82, 2.24) is 5.32 Å². The first-order valence-corrected chi connectivity index (χ1v) is 10.8. The highest BCUT2D eigenvalue weighted by Gasteiger charge is 2.19. The van der Waals surface area contributed by atoms with Gasteiger partial charge < -0.3 is 5.32 Å². The van der Waals surface area contributed by atoms with Gasteiger partial charge in [0.05, 0.1) is 16.2 Å². The minimum atomic E-state index is -3.96. The molecule has 1 amide bonds. The molecule has 118 valence electrons. The van der Waals surface area contributed by atoms with Crippen molar-refractivity contribution < 1.29 is 21.6 Å². The molecule has 0 saturated carbocycles.